The van der Waals surface area contributed by atoms with Crippen LogP contribution in [0.25, 0.3) is 0 Å². The highest BCUT2D eigenvalue weighted by molar-refractivity contribution is 7.99. The molecule has 1 unspecified atom stereocenters. The Hall–Kier alpha value is -1.61. The minimum absolute atomic E-state index is 0.107. The highest BCUT2D eigenvalue weighted by atomic mass is 32.2. The molecule has 0 spiro atoms. The summed E-state index contributed by atoms with van der Waals surface area (Å²) in [6.07, 6.45) is 8.09. The van der Waals surface area contributed by atoms with Crippen LogP contribution in [0.1, 0.15) is 50.5 Å². The van der Waals surface area contributed by atoms with Gasteiger partial charge in [0.2, 0.25) is 11.8 Å². The van der Waals surface area contributed by atoms with Crippen LogP contribution in [0.5, 0.6) is 0 Å². The fourth-order valence-electron chi connectivity index (χ4n) is 5.10. The first-order chi connectivity index (χ1) is 16.7. The van der Waals surface area contributed by atoms with Gasteiger partial charge in [0.15, 0.2) is 0 Å². The average Bonchev–Trinajstić information content (AvgIpc) is 3.41. The highest BCUT2D eigenvalue weighted by Gasteiger charge is 2.30. The summed E-state index contributed by atoms with van der Waals surface area (Å²) < 4.78 is 5.98. The number of carbonyl (C=O) groups is 2. The molecule has 188 valence electrons. The van der Waals surface area contributed by atoms with Gasteiger partial charge in [0.1, 0.15) is 6.04 Å². The lowest BCUT2D eigenvalue weighted by Gasteiger charge is -2.33. The zero-order chi connectivity index (χ0) is 23.6. The number of likely N-dealkylation sites (tertiary alicyclic amines) is 1. The number of nitrogens with one attached hydrogen (secondary N) is 3. The molecular weight excluding hydrogens is 448 g/mol. The van der Waals surface area contributed by atoms with Gasteiger partial charge in [0.05, 0.1) is 12.6 Å². The van der Waals surface area contributed by atoms with E-state index in [4.69, 9.17) is 4.74 Å². The summed E-state index contributed by atoms with van der Waals surface area (Å²) in [5, 5.41) is 9.35. The molecule has 1 aromatic rings. The molecule has 1 aromatic carbocycles. The Kier molecular flexibility index (Phi) is 10.1. The maximum Gasteiger partial charge on any atom is 0.245 e. The van der Waals surface area contributed by atoms with Crippen LogP contribution in [0, 0.1) is 5.92 Å². The van der Waals surface area contributed by atoms with E-state index in [-0.39, 0.29) is 30.5 Å². The molecule has 2 amide bonds. The molecule has 2 aliphatic heterocycles. The number of hydrogen-bond donors (Lipinski definition) is 3. The average molecular weight is 489 g/mol. The van der Waals surface area contributed by atoms with Gasteiger partial charge in [0, 0.05) is 43.9 Å². The molecule has 3 fully saturated rings. The monoisotopic (exact) mass is 488 g/mol. The SMILES string of the molecule is O=C(NC1CCN(Cc2ccccc2)CC1)C(COCC1CCCCC1)NC(=O)[C@@H]1CSCN1. The van der Waals surface area contributed by atoms with E-state index in [1.807, 2.05) is 6.07 Å². The van der Waals surface area contributed by atoms with Crippen molar-refractivity contribution in [1.29, 1.82) is 0 Å². The van der Waals surface area contributed by atoms with E-state index >= 15 is 0 Å². The number of ether oxygens (including phenoxy) is 1. The fourth-order valence-corrected chi connectivity index (χ4v) is 6.05. The molecule has 0 radical (unpaired) electrons. The van der Waals surface area contributed by atoms with Crippen molar-refractivity contribution in [2.75, 3.05) is 37.9 Å². The van der Waals surface area contributed by atoms with Crippen molar-refractivity contribution in [3.8, 4) is 0 Å². The van der Waals surface area contributed by atoms with E-state index in [2.05, 4.69) is 45.1 Å². The van der Waals surface area contributed by atoms with Crippen molar-refractivity contribution in [3.63, 3.8) is 0 Å². The van der Waals surface area contributed by atoms with Crippen LogP contribution in [0.3, 0.4) is 0 Å². The molecule has 0 aromatic heterocycles. The first-order valence-electron chi connectivity index (χ1n) is 12.9. The summed E-state index contributed by atoms with van der Waals surface area (Å²) >= 11 is 1.70. The summed E-state index contributed by atoms with van der Waals surface area (Å²) in [5.41, 5.74) is 1.32. The van der Waals surface area contributed by atoms with Crippen molar-refractivity contribution in [3.05, 3.63) is 35.9 Å². The Morgan fingerprint density at radius 2 is 1.85 bits per heavy atom. The van der Waals surface area contributed by atoms with Crippen molar-refractivity contribution in [2.45, 2.75) is 69.6 Å². The first-order valence-corrected chi connectivity index (χ1v) is 14.1. The molecule has 0 bridgehead atoms. The molecule has 3 aliphatic rings. The maximum atomic E-state index is 13.2. The van der Waals surface area contributed by atoms with Crippen molar-refractivity contribution < 1.29 is 14.3 Å². The van der Waals surface area contributed by atoms with E-state index in [1.165, 1.54) is 37.7 Å². The van der Waals surface area contributed by atoms with Crippen LogP contribution in [0.15, 0.2) is 30.3 Å². The zero-order valence-corrected chi connectivity index (χ0v) is 21.0. The summed E-state index contributed by atoms with van der Waals surface area (Å²) in [5.74, 6) is 1.86. The van der Waals surface area contributed by atoms with Crippen molar-refractivity contribution in [2.24, 2.45) is 5.92 Å². The predicted octanol–water partition coefficient (Wildman–Crippen LogP) is 2.51. The number of thioether (sulfide) groups is 1. The molecule has 2 atom stereocenters. The third-order valence-corrected chi connectivity index (χ3v) is 8.15. The molecule has 8 heteroatoms. The molecule has 4 rings (SSSR count). The van der Waals surface area contributed by atoms with Gasteiger partial charge in [-0.3, -0.25) is 19.8 Å². The molecule has 1 saturated carbocycles. The Labute approximate surface area is 208 Å². The number of benzene rings is 1. The number of piperidine rings is 1. The van der Waals surface area contributed by atoms with Gasteiger partial charge >= 0.3 is 0 Å². The van der Waals surface area contributed by atoms with Gasteiger partial charge in [-0.15, -0.1) is 11.8 Å². The number of hydrogen-bond acceptors (Lipinski definition) is 6. The Bertz CT molecular complexity index is 761. The molecule has 1 aliphatic carbocycles. The minimum atomic E-state index is -0.647. The van der Waals surface area contributed by atoms with E-state index in [9.17, 15) is 9.59 Å². The number of rotatable bonds is 10. The molecule has 2 heterocycles. The lowest BCUT2D eigenvalue weighted by atomic mass is 9.90. The summed E-state index contributed by atoms with van der Waals surface area (Å²) in [6.45, 7) is 3.77. The Morgan fingerprint density at radius 3 is 2.56 bits per heavy atom. The smallest absolute Gasteiger partial charge is 0.245 e. The second-order valence-corrected chi connectivity index (χ2v) is 10.9. The van der Waals surface area contributed by atoms with Crippen LogP contribution in [0.2, 0.25) is 0 Å². The lowest BCUT2D eigenvalue weighted by Crippen LogP contribution is -2.56. The Morgan fingerprint density at radius 1 is 1.09 bits per heavy atom. The summed E-state index contributed by atoms with van der Waals surface area (Å²) in [7, 11) is 0. The zero-order valence-electron chi connectivity index (χ0n) is 20.2. The molecule has 3 N–H and O–H groups in total. The first kappa shape index (κ1) is 25.5. The van der Waals surface area contributed by atoms with Gasteiger partial charge in [-0.1, -0.05) is 49.6 Å². The van der Waals surface area contributed by atoms with E-state index < -0.39 is 6.04 Å². The summed E-state index contributed by atoms with van der Waals surface area (Å²) in [6, 6.07) is 9.77. The highest BCUT2D eigenvalue weighted by Crippen LogP contribution is 2.23. The van der Waals surface area contributed by atoms with E-state index in [1.54, 1.807) is 11.8 Å². The normalized spacial score (nSPS) is 23.5. The second kappa shape index (κ2) is 13.5. The lowest BCUT2D eigenvalue weighted by molar-refractivity contribution is -0.132. The van der Waals surface area contributed by atoms with Gasteiger partial charge in [-0.05, 0) is 37.2 Å². The Balaban J connectivity index is 1.25. The van der Waals surface area contributed by atoms with Crippen LogP contribution >= 0.6 is 11.8 Å². The van der Waals surface area contributed by atoms with Gasteiger partial charge in [-0.2, -0.15) is 0 Å². The van der Waals surface area contributed by atoms with Crippen molar-refractivity contribution in [1.82, 2.24) is 20.9 Å². The molecule has 2 saturated heterocycles. The quantitative estimate of drug-likeness (QED) is 0.470. The van der Waals surface area contributed by atoms with Gasteiger partial charge in [0.25, 0.3) is 0 Å². The van der Waals surface area contributed by atoms with Crippen molar-refractivity contribution >= 4 is 23.6 Å². The van der Waals surface area contributed by atoms with Gasteiger partial charge < -0.3 is 15.4 Å². The largest absolute Gasteiger partial charge is 0.378 e. The standard InChI is InChI=1S/C26H40N4O3S/c31-25(28-22-11-13-30(14-12-22)15-20-7-3-1-4-8-20)23(29-26(32)24-18-34-19-27-24)17-33-16-21-9-5-2-6-10-21/h1,3-4,7-8,21-24,27H,2,5-6,9-19H2,(H,28,31)(H,29,32)/t23?,24-/m0/s1. The van der Waals surface area contributed by atoms with Gasteiger partial charge in [-0.25, -0.2) is 0 Å². The van der Waals surface area contributed by atoms with Crippen LogP contribution in [-0.2, 0) is 20.9 Å². The second-order valence-electron chi connectivity index (χ2n) is 9.92. The molecule has 7 nitrogen and oxygen atoms in total. The number of amides is 2. The summed E-state index contributed by atoms with van der Waals surface area (Å²) in [4.78, 5) is 28.3. The predicted molar refractivity (Wildman–Crippen MR) is 136 cm³/mol. The van der Waals surface area contributed by atoms with E-state index in [0.29, 0.717) is 12.5 Å². The fraction of sp³-hybridized carbons (Fsp3) is 0.692. The molecular formula is C26H40N4O3S. The third kappa shape index (κ3) is 7.97. The third-order valence-electron chi connectivity index (χ3n) is 7.21. The van der Waals surface area contributed by atoms with Crippen LogP contribution in [-0.4, -0.2) is 72.8 Å². The molecule has 34 heavy (non-hydrogen) atoms. The number of nitrogens with zero attached hydrogens (tertiary/aromatic N) is 1. The van der Waals surface area contributed by atoms with E-state index in [0.717, 1.165) is 44.1 Å². The minimum Gasteiger partial charge on any atom is -0.378 e. The number of carbonyl (C=O) groups excluding carboxylic acids is 2. The van der Waals surface area contributed by atoms with Crippen LogP contribution in [0.4, 0.5) is 0 Å². The maximum absolute atomic E-state index is 13.2. The van der Waals surface area contributed by atoms with Crippen LogP contribution < -0.4 is 16.0 Å². The topological polar surface area (TPSA) is 82.7 Å².